The van der Waals surface area contributed by atoms with Crippen LogP contribution in [0.1, 0.15) is 23.0 Å². The molecule has 150 valence electrons. The van der Waals surface area contributed by atoms with Crippen LogP contribution >= 0.6 is 0 Å². The van der Waals surface area contributed by atoms with E-state index in [9.17, 15) is 14.4 Å². The summed E-state index contributed by atoms with van der Waals surface area (Å²) in [5.74, 6) is -0.259. The lowest BCUT2D eigenvalue weighted by molar-refractivity contribution is -0.152. The Kier molecular flexibility index (Phi) is 6.96. The van der Waals surface area contributed by atoms with Crippen molar-refractivity contribution in [3.8, 4) is 11.5 Å². The smallest absolute Gasteiger partial charge is 0.326 e. The quantitative estimate of drug-likeness (QED) is 0.644. The van der Waals surface area contributed by atoms with Crippen LogP contribution in [0.4, 0.5) is 5.82 Å². The maximum atomic E-state index is 12.2. The number of rotatable bonds is 8. The SMILES string of the molecule is COc1ccc(C(=O)NCC(=O)OC(C)C(=O)Nc2cc(C)on2)cc1OC. The first-order chi connectivity index (χ1) is 13.3. The lowest BCUT2D eigenvalue weighted by Crippen LogP contribution is -2.35. The van der Waals surface area contributed by atoms with Gasteiger partial charge in [-0.1, -0.05) is 5.16 Å². The number of anilines is 1. The molecule has 10 heteroatoms. The van der Waals surface area contributed by atoms with Crippen molar-refractivity contribution < 1.29 is 33.1 Å². The molecular weight excluding hydrogens is 370 g/mol. The lowest BCUT2D eigenvalue weighted by Gasteiger charge is -2.13. The van der Waals surface area contributed by atoms with E-state index in [1.807, 2.05) is 0 Å². The van der Waals surface area contributed by atoms with Crippen LogP contribution in [0.2, 0.25) is 0 Å². The van der Waals surface area contributed by atoms with Crippen LogP contribution in [0.15, 0.2) is 28.8 Å². The van der Waals surface area contributed by atoms with Crippen molar-refractivity contribution in [2.75, 3.05) is 26.1 Å². The van der Waals surface area contributed by atoms with Crippen LogP contribution in [0.5, 0.6) is 11.5 Å². The first-order valence-corrected chi connectivity index (χ1v) is 8.28. The molecule has 28 heavy (non-hydrogen) atoms. The average molecular weight is 391 g/mol. The van der Waals surface area contributed by atoms with Gasteiger partial charge in [0, 0.05) is 11.6 Å². The molecule has 2 aromatic rings. The van der Waals surface area contributed by atoms with Crippen molar-refractivity contribution in [3.05, 3.63) is 35.6 Å². The van der Waals surface area contributed by atoms with E-state index in [-0.39, 0.29) is 11.4 Å². The van der Waals surface area contributed by atoms with Crippen LogP contribution in [-0.2, 0) is 14.3 Å². The van der Waals surface area contributed by atoms with Gasteiger partial charge < -0.3 is 29.4 Å². The average Bonchev–Trinajstić information content (AvgIpc) is 3.09. The van der Waals surface area contributed by atoms with Gasteiger partial charge in [0.05, 0.1) is 14.2 Å². The van der Waals surface area contributed by atoms with E-state index in [0.29, 0.717) is 17.3 Å². The molecule has 10 nitrogen and oxygen atoms in total. The van der Waals surface area contributed by atoms with Crippen molar-refractivity contribution >= 4 is 23.6 Å². The predicted molar refractivity (Wildman–Crippen MR) is 97.3 cm³/mol. The van der Waals surface area contributed by atoms with Gasteiger partial charge in [-0.3, -0.25) is 14.4 Å². The third-order valence-corrected chi connectivity index (χ3v) is 3.60. The molecule has 1 unspecified atom stereocenters. The van der Waals surface area contributed by atoms with Crippen LogP contribution in [0, 0.1) is 6.92 Å². The topological polar surface area (TPSA) is 129 Å². The first kappa shape index (κ1) is 20.7. The lowest BCUT2D eigenvalue weighted by atomic mass is 10.2. The Balaban J connectivity index is 1.84. The minimum Gasteiger partial charge on any atom is -0.493 e. The van der Waals surface area contributed by atoms with E-state index in [0.717, 1.165) is 0 Å². The van der Waals surface area contributed by atoms with Crippen LogP contribution in [0.3, 0.4) is 0 Å². The summed E-state index contributed by atoms with van der Waals surface area (Å²) in [6.45, 7) is 2.66. The highest BCUT2D eigenvalue weighted by Gasteiger charge is 2.20. The molecule has 0 radical (unpaired) electrons. The Morgan fingerprint density at radius 2 is 1.86 bits per heavy atom. The standard InChI is InChI=1S/C18H21N3O7/c1-10-7-15(21-28-10)20-17(23)11(2)27-16(22)9-19-18(24)12-5-6-13(25-3)14(8-12)26-4/h5-8,11H,9H2,1-4H3,(H,19,24)(H,20,21,23). The van der Waals surface area contributed by atoms with Crippen molar-refractivity contribution in [2.24, 2.45) is 0 Å². The second-order valence-electron chi connectivity index (χ2n) is 5.70. The molecule has 0 saturated carbocycles. The third kappa shape index (κ3) is 5.47. The fourth-order valence-electron chi connectivity index (χ4n) is 2.18. The van der Waals surface area contributed by atoms with Crippen LogP contribution < -0.4 is 20.1 Å². The maximum Gasteiger partial charge on any atom is 0.326 e. The van der Waals surface area contributed by atoms with Crippen LogP contribution in [0.25, 0.3) is 0 Å². The number of carbonyl (C=O) groups is 3. The summed E-state index contributed by atoms with van der Waals surface area (Å²) in [4.78, 5) is 36.0. The number of benzene rings is 1. The van der Waals surface area contributed by atoms with E-state index in [4.69, 9.17) is 18.7 Å². The Morgan fingerprint density at radius 3 is 2.46 bits per heavy atom. The predicted octanol–water partition coefficient (Wildman–Crippen LogP) is 1.30. The first-order valence-electron chi connectivity index (χ1n) is 8.28. The van der Waals surface area contributed by atoms with Crippen molar-refractivity contribution in [1.29, 1.82) is 0 Å². The van der Waals surface area contributed by atoms with Crippen molar-refractivity contribution in [3.63, 3.8) is 0 Å². The summed E-state index contributed by atoms with van der Waals surface area (Å²) < 4.78 is 20.0. The zero-order valence-corrected chi connectivity index (χ0v) is 15.9. The molecule has 2 rings (SSSR count). The molecule has 1 aromatic heterocycles. The fraction of sp³-hybridized carbons (Fsp3) is 0.333. The van der Waals surface area contributed by atoms with Gasteiger partial charge in [0.15, 0.2) is 23.4 Å². The van der Waals surface area contributed by atoms with Gasteiger partial charge in [0.2, 0.25) is 0 Å². The molecule has 1 atom stereocenters. The Hall–Kier alpha value is -3.56. The van der Waals surface area contributed by atoms with Crippen molar-refractivity contribution in [1.82, 2.24) is 10.5 Å². The zero-order chi connectivity index (χ0) is 20.7. The molecule has 0 aliphatic heterocycles. The number of aryl methyl sites for hydroxylation is 1. The monoisotopic (exact) mass is 391 g/mol. The van der Waals surface area contributed by atoms with E-state index in [2.05, 4.69) is 15.8 Å². The van der Waals surface area contributed by atoms with E-state index >= 15 is 0 Å². The highest BCUT2D eigenvalue weighted by atomic mass is 16.5. The number of ether oxygens (including phenoxy) is 3. The van der Waals surface area contributed by atoms with Gasteiger partial charge >= 0.3 is 5.97 Å². The van der Waals surface area contributed by atoms with Gasteiger partial charge in [-0.2, -0.15) is 0 Å². The van der Waals surface area contributed by atoms with Crippen molar-refractivity contribution in [2.45, 2.75) is 20.0 Å². The molecule has 0 bridgehead atoms. The molecule has 0 spiro atoms. The zero-order valence-electron chi connectivity index (χ0n) is 15.9. The molecule has 1 heterocycles. The van der Waals surface area contributed by atoms with Crippen LogP contribution in [-0.4, -0.2) is 49.8 Å². The number of hydrogen-bond acceptors (Lipinski definition) is 8. The molecule has 2 amide bonds. The normalized spacial score (nSPS) is 11.3. The molecule has 1 aromatic carbocycles. The number of nitrogens with zero attached hydrogens (tertiary/aromatic N) is 1. The minimum absolute atomic E-state index is 0.215. The second-order valence-corrected chi connectivity index (χ2v) is 5.70. The second kappa shape index (κ2) is 9.40. The van der Waals surface area contributed by atoms with E-state index in [1.165, 1.54) is 39.3 Å². The van der Waals surface area contributed by atoms with Gasteiger partial charge in [0.25, 0.3) is 11.8 Å². The Morgan fingerprint density at radius 1 is 1.14 bits per heavy atom. The molecule has 0 fully saturated rings. The summed E-state index contributed by atoms with van der Waals surface area (Å²) in [6, 6.07) is 6.10. The number of esters is 1. The number of carbonyl (C=O) groups excluding carboxylic acids is 3. The highest BCUT2D eigenvalue weighted by Crippen LogP contribution is 2.27. The molecule has 0 aliphatic carbocycles. The molecule has 0 saturated heterocycles. The van der Waals surface area contributed by atoms with Gasteiger partial charge in [-0.15, -0.1) is 0 Å². The van der Waals surface area contributed by atoms with Gasteiger partial charge in [0.1, 0.15) is 12.3 Å². The summed E-state index contributed by atoms with van der Waals surface area (Å²) in [7, 11) is 2.93. The summed E-state index contributed by atoms with van der Waals surface area (Å²) >= 11 is 0. The van der Waals surface area contributed by atoms with E-state index < -0.39 is 30.4 Å². The number of nitrogens with one attached hydrogen (secondary N) is 2. The summed E-state index contributed by atoms with van der Waals surface area (Å²) in [5.41, 5.74) is 0.276. The third-order valence-electron chi connectivity index (χ3n) is 3.60. The largest absolute Gasteiger partial charge is 0.493 e. The molecule has 2 N–H and O–H groups in total. The highest BCUT2D eigenvalue weighted by molar-refractivity contribution is 5.97. The Bertz CT molecular complexity index is 863. The number of methoxy groups -OCH3 is 2. The van der Waals surface area contributed by atoms with Gasteiger partial charge in [-0.25, -0.2) is 0 Å². The Labute approximate surface area is 161 Å². The minimum atomic E-state index is -1.08. The number of hydrogen-bond donors (Lipinski definition) is 2. The summed E-state index contributed by atoms with van der Waals surface area (Å²) in [5, 5.41) is 8.48. The van der Waals surface area contributed by atoms with E-state index in [1.54, 1.807) is 13.0 Å². The number of amides is 2. The summed E-state index contributed by atoms with van der Waals surface area (Å²) in [6.07, 6.45) is -1.08. The number of aromatic nitrogens is 1. The molecular formula is C18H21N3O7. The van der Waals surface area contributed by atoms with Gasteiger partial charge in [-0.05, 0) is 32.0 Å². The maximum absolute atomic E-state index is 12.2. The molecule has 0 aliphatic rings. The fourth-order valence-corrected chi connectivity index (χ4v) is 2.18.